The monoisotopic (exact) mass is 304 g/mol. The molecular formula is C18H28N2O2. The molecule has 1 aliphatic rings. The van der Waals surface area contributed by atoms with Gasteiger partial charge in [0.05, 0.1) is 7.11 Å². The molecule has 2 rings (SSSR count). The number of hydrogen-bond acceptors (Lipinski definition) is 3. The van der Waals surface area contributed by atoms with Crippen molar-refractivity contribution in [3.63, 3.8) is 0 Å². The molecule has 1 aliphatic heterocycles. The van der Waals surface area contributed by atoms with Gasteiger partial charge in [0.1, 0.15) is 5.75 Å². The predicted molar refractivity (Wildman–Crippen MR) is 89.0 cm³/mol. The quantitative estimate of drug-likeness (QED) is 0.910. The normalized spacial score (nSPS) is 22.0. The van der Waals surface area contributed by atoms with Crippen molar-refractivity contribution < 1.29 is 9.53 Å². The molecule has 1 fully saturated rings. The van der Waals surface area contributed by atoms with Crippen LogP contribution in [-0.4, -0.2) is 37.0 Å². The average molecular weight is 304 g/mol. The van der Waals surface area contributed by atoms with E-state index in [1.807, 2.05) is 17.0 Å². The van der Waals surface area contributed by atoms with E-state index in [1.54, 1.807) is 7.11 Å². The van der Waals surface area contributed by atoms with Crippen LogP contribution in [0.25, 0.3) is 0 Å². The number of amides is 1. The van der Waals surface area contributed by atoms with Gasteiger partial charge >= 0.3 is 0 Å². The molecule has 22 heavy (non-hydrogen) atoms. The lowest BCUT2D eigenvalue weighted by Gasteiger charge is -2.38. The second-order valence-electron chi connectivity index (χ2n) is 6.22. The maximum Gasteiger partial charge on any atom is 0.225 e. The van der Waals surface area contributed by atoms with Gasteiger partial charge in [-0.25, -0.2) is 0 Å². The van der Waals surface area contributed by atoms with Crippen molar-refractivity contribution in [1.29, 1.82) is 0 Å². The molecule has 1 aromatic rings. The minimum absolute atomic E-state index is 0.0548. The Balaban J connectivity index is 2.11. The fourth-order valence-corrected chi connectivity index (χ4v) is 3.33. The van der Waals surface area contributed by atoms with Gasteiger partial charge in [0.15, 0.2) is 0 Å². The lowest BCUT2D eigenvalue weighted by molar-refractivity contribution is -0.137. The molecule has 0 aromatic heterocycles. The molecule has 2 unspecified atom stereocenters. The highest BCUT2D eigenvalue weighted by Crippen LogP contribution is 2.29. The number of carbonyl (C=O) groups excluding carboxylic acids is 1. The Kier molecular flexibility index (Phi) is 5.83. The summed E-state index contributed by atoms with van der Waals surface area (Å²) in [6.45, 7) is 5.62. The molecule has 1 aromatic carbocycles. The molecular weight excluding hydrogens is 276 g/mol. The average Bonchev–Trinajstić information content (AvgIpc) is 2.55. The topological polar surface area (TPSA) is 55.6 Å². The van der Waals surface area contributed by atoms with Gasteiger partial charge in [-0.05, 0) is 37.0 Å². The first kappa shape index (κ1) is 16.8. The van der Waals surface area contributed by atoms with Gasteiger partial charge in [0, 0.05) is 31.0 Å². The summed E-state index contributed by atoms with van der Waals surface area (Å²) in [6, 6.07) is 8.17. The van der Waals surface area contributed by atoms with E-state index in [-0.39, 0.29) is 17.9 Å². The Morgan fingerprint density at radius 1 is 1.27 bits per heavy atom. The Labute approximate surface area is 133 Å². The fourth-order valence-electron chi connectivity index (χ4n) is 3.33. The van der Waals surface area contributed by atoms with Crippen LogP contribution in [0.15, 0.2) is 24.3 Å². The number of carbonyl (C=O) groups is 1. The summed E-state index contributed by atoms with van der Waals surface area (Å²) in [5, 5.41) is 0. The molecule has 1 amide bonds. The standard InChI is InChI=1S/C18H28N2O2/c1-4-13(5-2)18(21)20-11-15(10-16(19)12-20)14-6-8-17(22-3)9-7-14/h6-9,13,15-16H,4-5,10-12,19H2,1-3H3. The van der Waals surface area contributed by atoms with Crippen LogP contribution >= 0.6 is 0 Å². The number of rotatable bonds is 5. The number of ether oxygens (including phenoxy) is 1. The molecule has 2 N–H and O–H groups in total. The molecule has 1 saturated heterocycles. The summed E-state index contributed by atoms with van der Waals surface area (Å²) in [5.74, 6) is 1.56. The molecule has 4 nitrogen and oxygen atoms in total. The van der Waals surface area contributed by atoms with Crippen molar-refractivity contribution in [1.82, 2.24) is 4.90 Å². The SMILES string of the molecule is CCC(CC)C(=O)N1CC(N)CC(c2ccc(OC)cc2)C1. The molecule has 2 atom stereocenters. The summed E-state index contributed by atoms with van der Waals surface area (Å²) in [4.78, 5) is 14.6. The summed E-state index contributed by atoms with van der Waals surface area (Å²) < 4.78 is 5.21. The van der Waals surface area contributed by atoms with E-state index in [9.17, 15) is 4.79 Å². The van der Waals surface area contributed by atoms with Crippen molar-refractivity contribution in [2.75, 3.05) is 20.2 Å². The smallest absolute Gasteiger partial charge is 0.225 e. The van der Waals surface area contributed by atoms with E-state index < -0.39 is 0 Å². The first-order chi connectivity index (χ1) is 10.6. The highest BCUT2D eigenvalue weighted by Gasteiger charge is 2.31. The van der Waals surface area contributed by atoms with Gasteiger partial charge in [0.2, 0.25) is 5.91 Å². The Bertz CT molecular complexity index is 482. The Morgan fingerprint density at radius 3 is 2.45 bits per heavy atom. The first-order valence-electron chi connectivity index (χ1n) is 8.27. The molecule has 4 heteroatoms. The fraction of sp³-hybridized carbons (Fsp3) is 0.611. The second kappa shape index (κ2) is 7.63. The lowest BCUT2D eigenvalue weighted by atomic mass is 9.87. The number of hydrogen-bond donors (Lipinski definition) is 1. The van der Waals surface area contributed by atoms with Crippen molar-refractivity contribution in [3.05, 3.63) is 29.8 Å². The number of benzene rings is 1. The van der Waals surface area contributed by atoms with Crippen molar-refractivity contribution in [2.45, 2.75) is 45.1 Å². The third-order valence-electron chi connectivity index (χ3n) is 4.72. The number of nitrogens with zero attached hydrogens (tertiary/aromatic N) is 1. The third kappa shape index (κ3) is 3.80. The van der Waals surface area contributed by atoms with E-state index in [0.29, 0.717) is 12.5 Å². The third-order valence-corrected chi connectivity index (χ3v) is 4.72. The molecule has 1 heterocycles. The van der Waals surface area contributed by atoms with Crippen LogP contribution in [0, 0.1) is 5.92 Å². The summed E-state index contributed by atoms with van der Waals surface area (Å²) in [7, 11) is 1.67. The number of piperidine rings is 1. The number of methoxy groups -OCH3 is 1. The van der Waals surface area contributed by atoms with E-state index in [2.05, 4.69) is 26.0 Å². The van der Waals surface area contributed by atoms with E-state index >= 15 is 0 Å². The highest BCUT2D eigenvalue weighted by molar-refractivity contribution is 5.79. The Morgan fingerprint density at radius 2 is 1.91 bits per heavy atom. The zero-order valence-electron chi connectivity index (χ0n) is 13.9. The minimum Gasteiger partial charge on any atom is -0.497 e. The summed E-state index contributed by atoms with van der Waals surface area (Å²) in [5.41, 5.74) is 7.45. The molecule has 0 spiro atoms. The summed E-state index contributed by atoms with van der Waals surface area (Å²) in [6.07, 6.45) is 2.72. The molecule has 0 saturated carbocycles. The highest BCUT2D eigenvalue weighted by atomic mass is 16.5. The van der Waals surface area contributed by atoms with Crippen LogP contribution in [0.2, 0.25) is 0 Å². The summed E-state index contributed by atoms with van der Waals surface area (Å²) >= 11 is 0. The largest absolute Gasteiger partial charge is 0.497 e. The van der Waals surface area contributed by atoms with Crippen molar-refractivity contribution in [2.24, 2.45) is 11.7 Å². The maximum atomic E-state index is 12.6. The zero-order chi connectivity index (χ0) is 16.1. The van der Waals surface area contributed by atoms with Crippen molar-refractivity contribution in [3.8, 4) is 5.75 Å². The van der Waals surface area contributed by atoms with E-state index in [1.165, 1.54) is 5.56 Å². The number of nitrogens with two attached hydrogens (primary N) is 1. The zero-order valence-corrected chi connectivity index (χ0v) is 13.9. The van der Waals surface area contributed by atoms with Gasteiger partial charge in [-0.1, -0.05) is 26.0 Å². The van der Waals surface area contributed by atoms with E-state index in [0.717, 1.165) is 31.6 Å². The minimum atomic E-state index is 0.0548. The van der Waals surface area contributed by atoms with Gasteiger partial charge in [-0.2, -0.15) is 0 Å². The number of likely N-dealkylation sites (tertiary alicyclic amines) is 1. The van der Waals surface area contributed by atoms with Crippen LogP contribution in [-0.2, 0) is 4.79 Å². The van der Waals surface area contributed by atoms with Gasteiger partial charge in [-0.15, -0.1) is 0 Å². The predicted octanol–water partition coefficient (Wildman–Crippen LogP) is 2.77. The van der Waals surface area contributed by atoms with Gasteiger partial charge < -0.3 is 15.4 Å². The van der Waals surface area contributed by atoms with Crippen LogP contribution in [0.5, 0.6) is 5.75 Å². The molecule has 0 bridgehead atoms. The van der Waals surface area contributed by atoms with Crippen LogP contribution in [0.1, 0.15) is 44.6 Å². The first-order valence-corrected chi connectivity index (χ1v) is 8.27. The van der Waals surface area contributed by atoms with Gasteiger partial charge in [-0.3, -0.25) is 4.79 Å². The molecule has 0 radical (unpaired) electrons. The molecule has 0 aliphatic carbocycles. The van der Waals surface area contributed by atoms with Crippen LogP contribution < -0.4 is 10.5 Å². The lowest BCUT2D eigenvalue weighted by Crippen LogP contribution is -2.50. The van der Waals surface area contributed by atoms with Crippen molar-refractivity contribution >= 4 is 5.91 Å². The maximum absolute atomic E-state index is 12.6. The second-order valence-corrected chi connectivity index (χ2v) is 6.22. The van der Waals surface area contributed by atoms with Crippen LogP contribution in [0.3, 0.4) is 0 Å². The van der Waals surface area contributed by atoms with E-state index in [4.69, 9.17) is 10.5 Å². The van der Waals surface area contributed by atoms with Gasteiger partial charge in [0.25, 0.3) is 0 Å². The molecule has 122 valence electrons. The Hall–Kier alpha value is -1.55. The van der Waals surface area contributed by atoms with Crippen LogP contribution in [0.4, 0.5) is 0 Å².